The highest BCUT2D eigenvalue weighted by Gasteiger charge is 2.15. The van der Waals surface area contributed by atoms with Crippen molar-refractivity contribution in [3.05, 3.63) is 65.2 Å². The number of hydrogen-bond acceptors (Lipinski definition) is 2. The van der Waals surface area contributed by atoms with Crippen molar-refractivity contribution < 1.29 is 0 Å². The summed E-state index contributed by atoms with van der Waals surface area (Å²) in [5.41, 5.74) is 5.37. The predicted octanol–water partition coefficient (Wildman–Crippen LogP) is 5.79. The van der Waals surface area contributed by atoms with Crippen LogP contribution in [0.5, 0.6) is 0 Å². The van der Waals surface area contributed by atoms with Crippen LogP contribution in [0.2, 0.25) is 0 Å². The lowest BCUT2D eigenvalue weighted by molar-refractivity contribution is 0.213. The molecule has 0 aliphatic carbocycles. The highest BCUT2D eigenvalue weighted by atomic mass is 15.1. The Bertz CT molecular complexity index is 607. The molecule has 130 valence electrons. The molecule has 2 aromatic rings. The second kappa shape index (κ2) is 9.48. The summed E-state index contributed by atoms with van der Waals surface area (Å²) in [6, 6.07) is 18.0. The van der Waals surface area contributed by atoms with E-state index >= 15 is 0 Å². The van der Waals surface area contributed by atoms with Crippen molar-refractivity contribution in [3.8, 4) is 0 Å². The van der Waals surface area contributed by atoms with Gasteiger partial charge in [0.25, 0.3) is 0 Å². The molecule has 2 nitrogen and oxygen atoms in total. The SMILES string of the molecule is CCCCNc1cc(C(C)N(CC)Cc2ccccc2)ccc1C. The van der Waals surface area contributed by atoms with E-state index in [0.717, 1.165) is 19.6 Å². The average Bonchev–Trinajstić information content (AvgIpc) is 2.61. The molecule has 0 aromatic heterocycles. The normalized spacial score (nSPS) is 12.4. The van der Waals surface area contributed by atoms with Gasteiger partial charge in [-0.1, -0.05) is 62.7 Å². The Balaban J connectivity index is 2.11. The molecule has 0 radical (unpaired) electrons. The monoisotopic (exact) mass is 324 g/mol. The van der Waals surface area contributed by atoms with Crippen molar-refractivity contribution in [1.82, 2.24) is 4.90 Å². The minimum absolute atomic E-state index is 0.405. The van der Waals surface area contributed by atoms with E-state index in [0.29, 0.717) is 6.04 Å². The molecule has 1 N–H and O–H groups in total. The van der Waals surface area contributed by atoms with E-state index in [1.807, 2.05) is 0 Å². The van der Waals surface area contributed by atoms with Gasteiger partial charge in [-0.05, 0) is 49.6 Å². The zero-order valence-corrected chi connectivity index (χ0v) is 15.7. The molecule has 24 heavy (non-hydrogen) atoms. The molecule has 0 fully saturated rings. The molecule has 0 aliphatic heterocycles. The van der Waals surface area contributed by atoms with Crippen molar-refractivity contribution in [2.24, 2.45) is 0 Å². The van der Waals surface area contributed by atoms with Gasteiger partial charge >= 0.3 is 0 Å². The summed E-state index contributed by atoms with van der Waals surface area (Å²) in [7, 11) is 0. The van der Waals surface area contributed by atoms with Crippen LogP contribution < -0.4 is 5.32 Å². The quantitative estimate of drug-likeness (QED) is 0.587. The maximum Gasteiger partial charge on any atom is 0.0373 e. The summed E-state index contributed by atoms with van der Waals surface area (Å²) in [5.74, 6) is 0. The fraction of sp³-hybridized carbons (Fsp3) is 0.455. The summed E-state index contributed by atoms with van der Waals surface area (Å²) < 4.78 is 0. The lowest BCUT2D eigenvalue weighted by atomic mass is 10.0. The van der Waals surface area contributed by atoms with Crippen molar-refractivity contribution in [1.29, 1.82) is 0 Å². The molecule has 1 unspecified atom stereocenters. The molecule has 1 atom stereocenters. The first-order valence-electron chi connectivity index (χ1n) is 9.28. The molecule has 0 amide bonds. The Hall–Kier alpha value is -1.80. The molecule has 0 aliphatic rings. The van der Waals surface area contributed by atoms with Crippen molar-refractivity contribution in [3.63, 3.8) is 0 Å². The summed E-state index contributed by atoms with van der Waals surface area (Å²) in [4.78, 5) is 2.52. The van der Waals surface area contributed by atoms with Gasteiger partial charge in [0.1, 0.15) is 0 Å². The van der Waals surface area contributed by atoms with Gasteiger partial charge in [-0.15, -0.1) is 0 Å². The third-order valence-corrected chi connectivity index (χ3v) is 4.77. The highest BCUT2D eigenvalue weighted by molar-refractivity contribution is 5.53. The summed E-state index contributed by atoms with van der Waals surface area (Å²) >= 11 is 0. The van der Waals surface area contributed by atoms with Crippen molar-refractivity contribution in [2.75, 3.05) is 18.4 Å². The van der Waals surface area contributed by atoms with Gasteiger partial charge in [0.15, 0.2) is 0 Å². The number of benzene rings is 2. The largest absolute Gasteiger partial charge is 0.385 e. The van der Waals surface area contributed by atoms with E-state index in [4.69, 9.17) is 0 Å². The standard InChI is InChI=1S/C22H32N2/c1-5-7-15-23-22-16-21(14-13-18(22)3)19(4)24(6-2)17-20-11-9-8-10-12-20/h8-14,16,19,23H,5-7,15,17H2,1-4H3. The summed E-state index contributed by atoms with van der Waals surface area (Å²) in [5, 5.41) is 3.60. The third kappa shape index (κ3) is 5.10. The maximum atomic E-state index is 3.60. The van der Waals surface area contributed by atoms with Crippen LogP contribution in [0.4, 0.5) is 5.69 Å². The number of unbranched alkanes of at least 4 members (excludes halogenated alkanes) is 1. The Morgan fingerprint density at radius 1 is 1.04 bits per heavy atom. The topological polar surface area (TPSA) is 15.3 Å². The fourth-order valence-corrected chi connectivity index (χ4v) is 3.04. The van der Waals surface area contributed by atoms with Crippen LogP contribution in [-0.4, -0.2) is 18.0 Å². The molecule has 0 bridgehead atoms. The zero-order chi connectivity index (χ0) is 17.4. The second-order valence-corrected chi connectivity index (χ2v) is 6.58. The highest BCUT2D eigenvalue weighted by Crippen LogP contribution is 2.26. The van der Waals surface area contributed by atoms with Crippen LogP contribution in [0.1, 0.15) is 56.3 Å². The number of aryl methyl sites for hydroxylation is 1. The molecule has 2 rings (SSSR count). The minimum atomic E-state index is 0.405. The lowest BCUT2D eigenvalue weighted by Gasteiger charge is -2.29. The van der Waals surface area contributed by atoms with Gasteiger partial charge in [0.2, 0.25) is 0 Å². The Morgan fingerprint density at radius 2 is 1.79 bits per heavy atom. The van der Waals surface area contributed by atoms with Crippen LogP contribution in [0, 0.1) is 6.92 Å². The number of anilines is 1. The smallest absolute Gasteiger partial charge is 0.0373 e. The van der Waals surface area contributed by atoms with Crippen molar-refractivity contribution in [2.45, 2.75) is 53.1 Å². The van der Waals surface area contributed by atoms with Gasteiger partial charge < -0.3 is 5.32 Å². The number of nitrogens with zero attached hydrogens (tertiary/aromatic N) is 1. The molecular weight excluding hydrogens is 292 g/mol. The zero-order valence-electron chi connectivity index (χ0n) is 15.7. The maximum absolute atomic E-state index is 3.60. The summed E-state index contributed by atoms with van der Waals surface area (Å²) in [6.07, 6.45) is 2.44. The van der Waals surface area contributed by atoms with Crippen molar-refractivity contribution >= 4 is 5.69 Å². The van der Waals surface area contributed by atoms with E-state index in [1.54, 1.807) is 0 Å². The minimum Gasteiger partial charge on any atom is -0.385 e. The number of rotatable bonds is 9. The first-order valence-corrected chi connectivity index (χ1v) is 9.28. The van der Waals surface area contributed by atoms with Crippen LogP contribution >= 0.6 is 0 Å². The molecule has 2 heteroatoms. The number of hydrogen-bond donors (Lipinski definition) is 1. The van der Waals surface area contributed by atoms with E-state index in [9.17, 15) is 0 Å². The Kier molecular flexibility index (Phi) is 7.33. The second-order valence-electron chi connectivity index (χ2n) is 6.58. The van der Waals surface area contributed by atoms with Crippen LogP contribution in [0.3, 0.4) is 0 Å². The Morgan fingerprint density at radius 3 is 2.46 bits per heavy atom. The van der Waals surface area contributed by atoms with Gasteiger partial charge in [0.05, 0.1) is 0 Å². The third-order valence-electron chi connectivity index (χ3n) is 4.77. The van der Waals surface area contributed by atoms with Gasteiger partial charge in [0, 0.05) is 24.8 Å². The van der Waals surface area contributed by atoms with E-state index in [2.05, 4.69) is 86.4 Å². The Labute approximate surface area is 147 Å². The van der Waals surface area contributed by atoms with Crippen LogP contribution in [0.15, 0.2) is 48.5 Å². The first kappa shape index (κ1) is 18.5. The van der Waals surface area contributed by atoms with Gasteiger partial charge in [-0.3, -0.25) is 4.90 Å². The summed E-state index contributed by atoms with van der Waals surface area (Å²) in [6.45, 7) is 12.1. The van der Waals surface area contributed by atoms with E-state index in [-0.39, 0.29) is 0 Å². The lowest BCUT2D eigenvalue weighted by Crippen LogP contribution is -2.26. The molecule has 0 heterocycles. The van der Waals surface area contributed by atoms with E-state index in [1.165, 1.54) is 35.2 Å². The molecule has 2 aromatic carbocycles. The van der Waals surface area contributed by atoms with E-state index < -0.39 is 0 Å². The van der Waals surface area contributed by atoms with Crippen LogP contribution in [0.25, 0.3) is 0 Å². The fourth-order valence-electron chi connectivity index (χ4n) is 3.04. The average molecular weight is 325 g/mol. The van der Waals surface area contributed by atoms with Gasteiger partial charge in [-0.2, -0.15) is 0 Å². The molecule has 0 spiro atoms. The molecule has 0 saturated heterocycles. The van der Waals surface area contributed by atoms with Crippen LogP contribution in [-0.2, 0) is 6.54 Å². The number of nitrogens with one attached hydrogen (secondary N) is 1. The molecular formula is C22H32N2. The molecule has 0 saturated carbocycles. The van der Waals surface area contributed by atoms with Gasteiger partial charge in [-0.25, -0.2) is 0 Å². The first-order chi connectivity index (χ1) is 11.7. The predicted molar refractivity (Wildman–Crippen MR) is 106 cm³/mol.